The fraction of sp³-hybridized carbons (Fsp3) is 0.300. The third kappa shape index (κ3) is 4.40. The number of rotatable bonds is 5. The van der Waals surface area contributed by atoms with E-state index in [2.05, 4.69) is 0 Å². The van der Waals surface area contributed by atoms with Crippen LogP contribution in [0.3, 0.4) is 0 Å². The van der Waals surface area contributed by atoms with Crippen molar-refractivity contribution in [2.45, 2.75) is 19.1 Å². The van der Waals surface area contributed by atoms with E-state index >= 15 is 0 Å². The maximum Gasteiger partial charge on any atom is 0.341 e. The molecule has 0 spiro atoms. The van der Waals surface area contributed by atoms with E-state index in [1.54, 1.807) is 29.2 Å². The predicted molar refractivity (Wildman–Crippen MR) is 95.2 cm³/mol. The first-order valence-corrected chi connectivity index (χ1v) is 8.47. The van der Waals surface area contributed by atoms with Gasteiger partial charge in [0, 0.05) is 12.1 Å². The molecule has 1 saturated heterocycles. The topological polar surface area (TPSA) is 76.1 Å². The molecule has 26 heavy (non-hydrogen) atoms. The zero-order chi connectivity index (χ0) is 18.5. The van der Waals surface area contributed by atoms with Gasteiger partial charge in [-0.25, -0.2) is 4.79 Å². The molecule has 0 saturated carbocycles. The molecule has 0 radical (unpaired) electrons. The summed E-state index contributed by atoms with van der Waals surface area (Å²) in [7, 11) is 0. The molecular formula is C20H21NO5. The molecule has 2 unspecified atom stereocenters. The average Bonchev–Trinajstić information content (AvgIpc) is 2.66. The molecule has 6 heteroatoms. The maximum atomic E-state index is 12.9. The van der Waals surface area contributed by atoms with Crippen LogP contribution in [0.5, 0.6) is 5.75 Å². The summed E-state index contributed by atoms with van der Waals surface area (Å²) < 4.78 is 11.2. The first-order valence-electron chi connectivity index (χ1n) is 8.47. The fourth-order valence-corrected chi connectivity index (χ4v) is 3.02. The van der Waals surface area contributed by atoms with E-state index in [1.165, 1.54) is 0 Å². The lowest BCUT2D eigenvalue weighted by molar-refractivity contribution is -0.139. The van der Waals surface area contributed by atoms with Crippen LogP contribution < -0.4 is 4.74 Å². The highest BCUT2D eigenvalue weighted by atomic mass is 16.5. The van der Waals surface area contributed by atoms with Crippen molar-refractivity contribution in [2.24, 2.45) is 0 Å². The van der Waals surface area contributed by atoms with Crippen molar-refractivity contribution in [1.82, 2.24) is 4.90 Å². The SMILES string of the molecule is CC1CN(C(=O)c2cccc(OCC(=O)O)c2)CC(c2ccccc2)O1. The molecule has 1 aliphatic heterocycles. The van der Waals surface area contributed by atoms with Gasteiger partial charge in [-0.15, -0.1) is 0 Å². The lowest BCUT2D eigenvalue weighted by Gasteiger charge is -2.37. The Hall–Kier alpha value is -2.86. The highest BCUT2D eigenvalue weighted by molar-refractivity contribution is 5.94. The molecule has 1 N–H and O–H groups in total. The Labute approximate surface area is 152 Å². The van der Waals surface area contributed by atoms with Crippen molar-refractivity contribution in [2.75, 3.05) is 19.7 Å². The summed E-state index contributed by atoms with van der Waals surface area (Å²) in [5.41, 5.74) is 1.50. The first kappa shape index (κ1) is 17.9. The van der Waals surface area contributed by atoms with E-state index in [1.807, 2.05) is 37.3 Å². The van der Waals surface area contributed by atoms with Crippen LogP contribution in [-0.4, -0.2) is 47.7 Å². The zero-order valence-electron chi connectivity index (χ0n) is 14.5. The van der Waals surface area contributed by atoms with Crippen LogP contribution in [0.4, 0.5) is 0 Å². The molecule has 0 bridgehead atoms. The van der Waals surface area contributed by atoms with E-state index in [9.17, 15) is 9.59 Å². The minimum Gasteiger partial charge on any atom is -0.482 e. The summed E-state index contributed by atoms with van der Waals surface area (Å²) in [4.78, 5) is 25.3. The quantitative estimate of drug-likeness (QED) is 0.892. The van der Waals surface area contributed by atoms with Gasteiger partial charge in [0.2, 0.25) is 0 Å². The van der Waals surface area contributed by atoms with E-state index < -0.39 is 12.6 Å². The van der Waals surface area contributed by atoms with Crippen molar-refractivity contribution in [3.8, 4) is 5.75 Å². The summed E-state index contributed by atoms with van der Waals surface area (Å²) in [5.74, 6) is -0.824. The molecule has 3 rings (SSSR count). The summed E-state index contributed by atoms with van der Waals surface area (Å²) in [5, 5.41) is 8.71. The lowest BCUT2D eigenvalue weighted by Crippen LogP contribution is -2.45. The molecule has 1 fully saturated rings. The smallest absolute Gasteiger partial charge is 0.341 e. The monoisotopic (exact) mass is 355 g/mol. The molecule has 2 aromatic carbocycles. The largest absolute Gasteiger partial charge is 0.482 e. The standard InChI is InChI=1S/C20H21NO5/c1-14-11-21(12-18(26-14)15-6-3-2-4-7-15)20(24)16-8-5-9-17(10-16)25-13-19(22)23/h2-10,14,18H,11-13H2,1H3,(H,22,23). The van der Waals surface area contributed by atoms with Gasteiger partial charge in [0.1, 0.15) is 11.9 Å². The molecule has 1 heterocycles. The second kappa shape index (κ2) is 8.01. The molecular weight excluding hydrogens is 334 g/mol. The van der Waals surface area contributed by atoms with Gasteiger partial charge in [-0.2, -0.15) is 0 Å². The van der Waals surface area contributed by atoms with Gasteiger partial charge in [0.25, 0.3) is 5.91 Å². The average molecular weight is 355 g/mol. The van der Waals surface area contributed by atoms with Gasteiger partial charge in [-0.05, 0) is 30.7 Å². The number of carboxylic acid groups (broad SMARTS) is 1. The number of amides is 1. The summed E-state index contributed by atoms with van der Waals surface area (Å²) in [6.07, 6.45) is -0.250. The Bertz CT molecular complexity index is 777. The number of hydrogen-bond donors (Lipinski definition) is 1. The van der Waals surface area contributed by atoms with Crippen molar-refractivity contribution >= 4 is 11.9 Å². The van der Waals surface area contributed by atoms with Gasteiger partial charge >= 0.3 is 5.97 Å². The Morgan fingerprint density at radius 2 is 1.92 bits per heavy atom. The van der Waals surface area contributed by atoms with Crippen molar-refractivity contribution in [3.63, 3.8) is 0 Å². The van der Waals surface area contributed by atoms with Crippen LogP contribution in [0.15, 0.2) is 54.6 Å². The second-order valence-electron chi connectivity index (χ2n) is 6.27. The molecule has 0 aliphatic carbocycles. The molecule has 6 nitrogen and oxygen atoms in total. The molecule has 1 aliphatic rings. The number of benzene rings is 2. The zero-order valence-corrected chi connectivity index (χ0v) is 14.5. The van der Waals surface area contributed by atoms with Crippen molar-refractivity contribution in [3.05, 3.63) is 65.7 Å². The van der Waals surface area contributed by atoms with E-state index in [0.717, 1.165) is 5.56 Å². The summed E-state index contributed by atoms with van der Waals surface area (Å²) in [6, 6.07) is 16.4. The maximum absolute atomic E-state index is 12.9. The highest BCUT2D eigenvalue weighted by Gasteiger charge is 2.30. The summed E-state index contributed by atoms with van der Waals surface area (Å²) in [6.45, 7) is 2.47. The first-order chi connectivity index (χ1) is 12.5. The highest BCUT2D eigenvalue weighted by Crippen LogP contribution is 2.26. The predicted octanol–water partition coefficient (Wildman–Crippen LogP) is 2.75. The summed E-state index contributed by atoms with van der Waals surface area (Å²) >= 11 is 0. The molecule has 2 atom stereocenters. The normalized spacial score (nSPS) is 19.8. The number of carbonyl (C=O) groups excluding carboxylic acids is 1. The lowest BCUT2D eigenvalue weighted by atomic mass is 10.1. The Morgan fingerprint density at radius 3 is 2.65 bits per heavy atom. The Morgan fingerprint density at radius 1 is 1.15 bits per heavy atom. The van der Waals surface area contributed by atoms with Crippen LogP contribution in [0.1, 0.15) is 28.9 Å². The van der Waals surface area contributed by atoms with Crippen LogP contribution in [0, 0.1) is 0 Å². The van der Waals surface area contributed by atoms with Gasteiger partial charge in [0.15, 0.2) is 6.61 Å². The van der Waals surface area contributed by atoms with Gasteiger partial charge in [-0.1, -0.05) is 36.4 Å². The number of morpholine rings is 1. The fourth-order valence-electron chi connectivity index (χ4n) is 3.02. The number of nitrogens with zero attached hydrogens (tertiary/aromatic N) is 1. The molecule has 136 valence electrons. The Kier molecular flexibility index (Phi) is 5.53. The number of aliphatic carboxylic acids is 1. The van der Waals surface area contributed by atoms with Gasteiger partial charge in [-0.3, -0.25) is 4.79 Å². The third-order valence-corrected chi connectivity index (χ3v) is 4.16. The number of carboxylic acids is 1. The number of carbonyl (C=O) groups is 2. The van der Waals surface area contributed by atoms with E-state index in [0.29, 0.717) is 24.4 Å². The Balaban J connectivity index is 1.74. The van der Waals surface area contributed by atoms with Crippen LogP contribution in [0.25, 0.3) is 0 Å². The molecule has 2 aromatic rings. The number of ether oxygens (including phenoxy) is 2. The molecule has 1 amide bonds. The van der Waals surface area contributed by atoms with Crippen molar-refractivity contribution in [1.29, 1.82) is 0 Å². The van der Waals surface area contributed by atoms with E-state index in [4.69, 9.17) is 14.6 Å². The third-order valence-electron chi connectivity index (χ3n) is 4.16. The van der Waals surface area contributed by atoms with E-state index in [-0.39, 0.29) is 18.1 Å². The van der Waals surface area contributed by atoms with Crippen LogP contribution in [0.2, 0.25) is 0 Å². The van der Waals surface area contributed by atoms with Crippen LogP contribution >= 0.6 is 0 Å². The minimum absolute atomic E-state index is 0.0793. The second-order valence-corrected chi connectivity index (χ2v) is 6.27. The minimum atomic E-state index is -1.06. The van der Waals surface area contributed by atoms with Gasteiger partial charge < -0.3 is 19.5 Å². The van der Waals surface area contributed by atoms with Crippen molar-refractivity contribution < 1.29 is 24.2 Å². The van der Waals surface area contributed by atoms with Crippen LogP contribution in [-0.2, 0) is 9.53 Å². The van der Waals surface area contributed by atoms with Gasteiger partial charge in [0.05, 0.1) is 12.6 Å². The number of hydrogen-bond acceptors (Lipinski definition) is 4. The molecule has 0 aromatic heterocycles.